The molecule has 14 heavy (non-hydrogen) atoms. The number of nitrogens with one attached hydrogen (secondary N) is 1. The van der Waals surface area contributed by atoms with E-state index in [2.05, 4.69) is 22.4 Å². The van der Waals surface area contributed by atoms with Crippen LogP contribution in [0.3, 0.4) is 0 Å². The van der Waals surface area contributed by atoms with Crippen LogP contribution in [0.4, 0.5) is 0 Å². The average Bonchev–Trinajstić information content (AvgIpc) is 2.67. The van der Waals surface area contributed by atoms with Gasteiger partial charge in [-0.1, -0.05) is 12.2 Å². The van der Waals surface area contributed by atoms with Gasteiger partial charge in [-0.15, -0.1) is 0 Å². The van der Waals surface area contributed by atoms with E-state index in [1.165, 1.54) is 19.5 Å². The minimum absolute atomic E-state index is 0.556. The van der Waals surface area contributed by atoms with E-state index < -0.39 is 0 Å². The Morgan fingerprint density at radius 3 is 3.07 bits per heavy atom. The predicted molar refractivity (Wildman–Crippen MR) is 57.4 cm³/mol. The molecule has 0 aromatic carbocycles. The standard InChI is InChI=1S/C11H20N2O/c1-12-11-9-14-8-10(11)7-13-5-3-2-4-6-13/h2-3,10-12H,4-9H2,1H3. The van der Waals surface area contributed by atoms with E-state index in [4.69, 9.17) is 4.74 Å². The van der Waals surface area contributed by atoms with Crippen LogP contribution in [0.1, 0.15) is 6.42 Å². The van der Waals surface area contributed by atoms with Gasteiger partial charge in [-0.05, 0) is 13.5 Å². The summed E-state index contributed by atoms with van der Waals surface area (Å²) in [6, 6.07) is 0.556. The molecule has 0 aromatic heterocycles. The van der Waals surface area contributed by atoms with Gasteiger partial charge in [0.1, 0.15) is 0 Å². The SMILES string of the molecule is CNC1COCC1CN1CC=CCC1. The third kappa shape index (κ3) is 2.35. The van der Waals surface area contributed by atoms with Crippen LogP contribution in [0.25, 0.3) is 0 Å². The van der Waals surface area contributed by atoms with Gasteiger partial charge in [-0.3, -0.25) is 4.90 Å². The molecule has 2 unspecified atom stereocenters. The molecule has 0 aliphatic carbocycles. The molecular formula is C11H20N2O. The Labute approximate surface area is 86.1 Å². The van der Waals surface area contributed by atoms with Crippen molar-refractivity contribution in [2.45, 2.75) is 12.5 Å². The van der Waals surface area contributed by atoms with Crippen molar-refractivity contribution in [3.8, 4) is 0 Å². The maximum absolute atomic E-state index is 5.49. The zero-order valence-corrected chi connectivity index (χ0v) is 8.91. The van der Waals surface area contributed by atoms with Crippen LogP contribution >= 0.6 is 0 Å². The third-order valence-electron chi connectivity index (χ3n) is 3.20. The van der Waals surface area contributed by atoms with Gasteiger partial charge in [-0.2, -0.15) is 0 Å². The van der Waals surface area contributed by atoms with Crippen molar-refractivity contribution in [2.24, 2.45) is 5.92 Å². The summed E-state index contributed by atoms with van der Waals surface area (Å²) < 4.78 is 5.49. The Bertz CT molecular complexity index is 205. The van der Waals surface area contributed by atoms with Crippen LogP contribution in [0.5, 0.6) is 0 Å². The number of hydrogen-bond acceptors (Lipinski definition) is 3. The monoisotopic (exact) mass is 196 g/mol. The van der Waals surface area contributed by atoms with Crippen LogP contribution in [0, 0.1) is 5.92 Å². The lowest BCUT2D eigenvalue weighted by Gasteiger charge is -2.27. The van der Waals surface area contributed by atoms with Crippen molar-refractivity contribution in [3.05, 3.63) is 12.2 Å². The van der Waals surface area contributed by atoms with Crippen molar-refractivity contribution in [3.63, 3.8) is 0 Å². The molecule has 0 aromatic rings. The summed E-state index contributed by atoms with van der Waals surface area (Å²) in [7, 11) is 2.03. The van der Waals surface area contributed by atoms with E-state index >= 15 is 0 Å². The van der Waals surface area contributed by atoms with E-state index in [1.807, 2.05) is 7.05 Å². The quantitative estimate of drug-likeness (QED) is 0.665. The van der Waals surface area contributed by atoms with Crippen LogP contribution in [0.2, 0.25) is 0 Å². The van der Waals surface area contributed by atoms with Gasteiger partial charge in [0.05, 0.1) is 13.2 Å². The fraction of sp³-hybridized carbons (Fsp3) is 0.818. The smallest absolute Gasteiger partial charge is 0.0623 e. The van der Waals surface area contributed by atoms with E-state index in [9.17, 15) is 0 Å². The lowest BCUT2D eigenvalue weighted by Crippen LogP contribution is -2.41. The lowest BCUT2D eigenvalue weighted by molar-refractivity contribution is 0.170. The predicted octanol–water partition coefficient (Wildman–Crippen LogP) is 0.483. The van der Waals surface area contributed by atoms with Gasteiger partial charge in [0.2, 0.25) is 0 Å². The van der Waals surface area contributed by atoms with Gasteiger partial charge in [0.15, 0.2) is 0 Å². The van der Waals surface area contributed by atoms with Crippen molar-refractivity contribution >= 4 is 0 Å². The molecule has 1 fully saturated rings. The topological polar surface area (TPSA) is 24.5 Å². The van der Waals surface area contributed by atoms with Gasteiger partial charge >= 0.3 is 0 Å². The van der Waals surface area contributed by atoms with Crippen molar-refractivity contribution in [1.29, 1.82) is 0 Å². The molecule has 0 bridgehead atoms. The van der Waals surface area contributed by atoms with E-state index in [-0.39, 0.29) is 0 Å². The summed E-state index contributed by atoms with van der Waals surface area (Å²) in [4.78, 5) is 2.52. The second-order valence-corrected chi connectivity index (χ2v) is 4.21. The first-order valence-corrected chi connectivity index (χ1v) is 5.52. The molecule has 1 N–H and O–H groups in total. The maximum Gasteiger partial charge on any atom is 0.0623 e. The van der Waals surface area contributed by atoms with Gasteiger partial charge in [0, 0.05) is 31.6 Å². The number of likely N-dealkylation sites (N-methyl/N-ethyl adjacent to an activating group) is 1. The van der Waals surface area contributed by atoms with Crippen molar-refractivity contribution < 1.29 is 4.74 Å². The summed E-state index contributed by atoms with van der Waals surface area (Å²) in [5.74, 6) is 0.673. The molecule has 2 heterocycles. The van der Waals surface area contributed by atoms with Crippen molar-refractivity contribution in [1.82, 2.24) is 10.2 Å². The fourth-order valence-corrected chi connectivity index (χ4v) is 2.28. The number of hydrogen-bond donors (Lipinski definition) is 1. The Morgan fingerprint density at radius 2 is 2.36 bits per heavy atom. The average molecular weight is 196 g/mol. The Hall–Kier alpha value is -0.380. The van der Waals surface area contributed by atoms with E-state index in [1.54, 1.807) is 0 Å². The minimum Gasteiger partial charge on any atom is -0.379 e. The maximum atomic E-state index is 5.49. The zero-order chi connectivity index (χ0) is 9.80. The summed E-state index contributed by atoms with van der Waals surface area (Å²) in [5.41, 5.74) is 0. The number of rotatable bonds is 3. The van der Waals surface area contributed by atoms with Gasteiger partial charge in [0.25, 0.3) is 0 Å². The van der Waals surface area contributed by atoms with E-state index in [0.717, 1.165) is 19.8 Å². The molecule has 1 saturated heterocycles. The highest BCUT2D eigenvalue weighted by Gasteiger charge is 2.28. The normalized spacial score (nSPS) is 33.8. The van der Waals surface area contributed by atoms with Crippen LogP contribution in [-0.4, -0.2) is 50.8 Å². The minimum atomic E-state index is 0.556. The molecule has 3 nitrogen and oxygen atoms in total. The molecule has 3 heteroatoms. The summed E-state index contributed by atoms with van der Waals surface area (Å²) in [6.45, 7) is 5.31. The number of nitrogens with zero attached hydrogens (tertiary/aromatic N) is 1. The summed E-state index contributed by atoms with van der Waals surface area (Å²) in [6.07, 6.45) is 5.75. The Kier molecular flexibility index (Phi) is 3.56. The van der Waals surface area contributed by atoms with Crippen LogP contribution < -0.4 is 5.32 Å². The first-order chi connectivity index (χ1) is 6.90. The highest BCUT2D eigenvalue weighted by Crippen LogP contribution is 2.16. The fourth-order valence-electron chi connectivity index (χ4n) is 2.28. The third-order valence-corrected chi connectivity index (χ3v) is 3.20. The molecule has 0 radical (unpaired) electrons. The first-order valence-electron chi connectivity index (χ1n) is 5.52. The largest absolute Gasteiger partial charge is 0.379 e. The zero-order valence-electron chi connectivity index (χ0n) is 8.91. The second-order valence-electron chi connectivity index (χ2n) is 4.21. The van der Waals surface area contributed by atoms with E-state index in [0.29, 0.717) is 12.0 Å². The van der Waals surface area contributed by atoms with Crippen molar-refractivity contribution in [2.75, 3.05) is 39.9 Å². The first kappa shape index (κ1) is 10.1. The van der Waals surface area contributed by atoms with Crippen LogP contribution in [-0.2, 0) is 4.74 Å². The molecule has 2 rings (SSSR count). The highest BCUT2D eigenvalue weighted by atomic mass is 16.5. The molecule has 0 spiro atoms. The molecule has 0 amide bonds. The Balaban J connectivity index is 1.81. The van der Waals surface area contributed by atoms with Crippen LogP contribution in [0.15, 0.2) is 12.2 Å². The highest BCUT2D eigenvalue weighted by molar-refractivity contribution is 4.92. The number of ether oxygens (including phenoxy) is 1. The Morgan fingerprint density at radius 1 is 1.43 bits per heavy atom. The molecular weight excluding hydrogens is 176 g/mol. The molecule has 2 aliphatic rings. The second kappa shape index (κ2) is 4.91. The molecule has 2 aliphatic heterocycles. The summed E-state index contributed by atoms with van der Waals surface area (Å²) >= 11 is 0. The van der Waals surface area contributed by atoms with Gasteiger partial charge in [-0.25, -0.2) is 0 Å². The molecule has 80 valence electrons. The summed E-state index contributed by atoms with van der Waals surface area (Å²) in [5, 5.41) is 3.33. The van der Waals surface area contributed by atoms with Gasteiger partial charge < -0.3 is 10.1 Å². The lowest BCUT2D eigenvalue weighted by atomic mass is 10.0. The molecule has 2 atom stereocenters. The molecule has 0 saturated carbocycles.